The first-order valence-corrected chi connectivity index (χ1v) is 11.4. The fourth-order valence-corrected chi connectivity index (χ4v) is 4.52. The van der Waals surface area contributed by atoms with E-state index in [1.54, 1.807) is 19.1 Å². The second-order valence-corrected chi connectivity index (χ2v) is 9.90. The molecule has 4 aromatic rings. The van der Waals surface area contributed by atoms with Crippen LogP contribution in [0.1, 0.15) is 16.1 Å². The number of aromatic nitrogens is 1. The maximum Gasteiger partial charge on any atom is 0.293 e. The summed E-state index contributed by atoms with van der Waals surface area (Å²) in [6, 6.07) is 8.73. The van der Waals surface area contributed by atoms with Crippen LogP contribution >= 0.6 is 22.9 Å². The van der Waals surface area contributed by atoms with E-state index in [9.17, 15) is 18.0 Å². The van der Waals surface area contributed by atoms with E-state index in [0.29, 0.717) is 20.8 Å². The molecule has 2 heterocycles. The van der Waals surface area contributed by atoms with Gasteiger partial charge in [0.05, 0.1) is 20.5 Å². The summed E-state index contributed by atoms with van der Waals surface area (Å²) >= 11 is 7.16. The number of aryl methyl sites for hydroxylation is 1. The number of hydrogen-bond acceptors (Lipinski definition) is 7. The van der Waals surface area contributed by atoms with Gasteiger partial charge in [-0.1, -0.05) is 22.9 Å². The van der Waals surface area contributed by atoms with Crippen molar-refractivity contribution >= 4 is 65.0 Å². The third-order valence-electron chi connectivity index (χ3n) is 4.24. The molecular formula is C19H13ClN2O5S2. The second kappa shape index (κ2) is 6.94. The third-order valence-corrected chi connectivity index (χ3v) is 6.69. The van der Waals surface area contributed by atoms with Crippen LogP contribution in [0.25, 0.3) is 21.2 Å². The van der Waals surface area contributed by atoms with E-state index in [-0.39, 0.29) is 32.2 Å². The summed E-state index contributed by atoms with van der Waals surface area (Å²) in [6.45, 7) is 1.76. The van der Waals surface area contributed by atoms with Crippen molar-refractivity contribution in [2.45, 2.75) is 11.8 Å². The zero-order valence-corrected chi connectivity index (χ0v) is 17.5. The zero-order chi connectivity index (χ0) is 20.9. The lowest BCUT2D eigenvalue weighted by Crippen LogP contribution is -2.14. The number of nitrogens with zero attached hydrogens (tertiary/aromatic N) is 1. The van der Waals surface area contributed by atoms with Crippen molar-refractivity contribution in [3.05, 3.63) is 63.0 Å². The minimum atomic E-state index is -3.35. The highest BCUT2D eigenvalue weighted by Gasteiger charge is 2.16. The number of nitrogens with one attached hydrogen (secondary N) is 1. The summed E-state index contributed by atoms with van der Waals surface area (Å²) in [5.74, 6) is -0.806. The van der Waals surface area contributed by atoms with Gasteiger partial charge in [-0.2, -0.15) is 0 Å². The Bertz CT molecular complexity index is 1470. The molecule has 4 rings (SSSR count). The number of thiazole rings is 1. The Morgan fingerprint density at radius 1 is 1.21 bits per heavy atom. The van der Waals surface area contributed by atoms with Crippen LogP contribution in [-0.2, 0) is 9.84 Å². The lowest BCUT2D eigenvalue weighted by atomic mass is 10.1. The van der Waals surface area contributed by atoms with Gasteiger partial charge >= 0.3 is 0 Å². The van der Waals surface area contributed by atoms with Crippen LogP contribution in [-0.4, -0.2) is 25.6 Å². The Labute approximate surface area is 173 Å². The lowest BCUT2D eigenvalue weighted by Gasteiger charge is -2.04. The molecule has 2 aromatic heterocycles. The van der Waals surface area contributed by atoms with Crippen molar-refractivity contribution < 1.29 is 17.6 Å². The van der Waals surface area contributed by atoms with Crippen molar-refractivity contribution in [2.75, 3.05) is 11.6 Å². The number of halogens is 1. The lowest BCUT2D eigenvalue weighted by molar-refractivity contribution is 0.0997. The summed E-state index contributed by atoms with van der Waals surface area (Å²) in [6.07, 6.45) is 1.12. The average molecular weight is 449 g/mol. The summed E-state index contributed by atoms with van der Waals surface area (Å²) < 4.78 is 29.6. The zero-order valence-electron chi connectivity index (χ0n) is 15.1. The molecule has 0 unspecified atom stereocenters. The minimum Gasteiger partial charge on any atom is -0.451 e. The molecule has 148 valence electrons. The van der Waals surface area contributed by atoms with Gasteiger partial charge in [-0.3, -0.25) is 14.9 Å². The van der Waals surface area contributed by atoms with E-state index in [1.165, 1.54) is 18.2 Å². The standard InChI is InChI=1S/C19H13ClN2O5S2/c1-9-5-15-11(7-12(9)20)14(23)8-16(27-15)18(24)22-19-21-13-4-3-10(29(2,25)26)6-17(13)28-19/h3-8H,1-2H3,(H,21,22,24). The predicted octanol–water partition coefficient (Wildman–Crippen LogP) is 4.02. The quantitative estimate of drug-likeness (QED) is 0.507. The molecule has 2 aromatic carbocycles. The van der Waals surface area contributed by atoms with Crippen LogP contribution in [0, 0.1) is 6.92 Å². The monoisotopic (exact) mass is 448 g/mol. The van der Waals surface area contributed by atoms with Crippen LogP contribution in [0.15, 0.2) is 50.5 Å². The van der Waals surface area contributed by atoms with Gasteiger partial charge in [0.15, 0.2) is 26.2 Å². The molecule has 0 spiro atoms. The number of amides is 1. The van der Waals surface area contributed by atoms with Crippen molar-refractivity contribution in [3.8, 4) is 0 Å². The van der Waals surface area contributed by atoms with E-state index >= 15 is 0 Å². The van der Waals surface area contributed by atoms with Gasteiger partial charge in [0, 0.05) is 17.3 Å². The topological polar surface area (TPSA) is 106 Å². The Hall–Kier alpha value is -2.75. The summed E-state index contributed by atoms with van der Waals surface area (Å²) in [5, 5.41) is 3.56. The normalized spacial score (nSPS) is 11.8. The molecule has 0 aliphatic heterocycles. The molecule has 1 N–H and O–H groups in total. The average Bonchev–Trinajstić information content (AvgIpc) is 3.03. The van der Waals surface area contributed by atoms with Gasteiger partial charge in [0.25, 0.3) is 5.91 Å². The molecule has 1 amide bonds. The van der Waals surface area contributed by atoms with E-state index in [0.717, 1.165) is 23.7 Å². The molecule has 10 heteroatoms. The highest BCUT2D eigenvalue weighted by Crippen LogP contribution is 2.29. The second-order valence-electron chi connectivity index (χ2n) is 6.45. The number of benzene rings is 2. The highest BCUT2D eigenvalue weighted by atomic mass is 35.5. The summed E-state index contributed by atoms with van der Waals surface area (Å²) in [4.78, 5) is 29.3. The fraction of sp³-hybridized carbons (Fsp3) is 0.105. The largest absolute Gasteiger partial charge is 0.451 e. The van der Waals surface area contributed by atoms with Crippen LogP contribution in [0.3, 0.4) is 0 Å². The van der Waals surface area contributed by atoms with Gasteiger partial charge in [0.1, 0.15) is 5.58 Å². The number of fused-ring (bicyclic) bond motifs is 2. The summed E-state index contributed by atoms with van der Waals surface area (Å²) in [7, 11) is -3.35. The number of hydrogen-bond donors (Lipinski definition) is 1. The first-order valence-electron chi connectivity index (χ1n) is 8.28. The Balaban J connectivity index is 1.69. The van der Waals surface area contributed by atoms with Crippen LogP contribution in [0.2, 0.25) is 5.02 Å². The molecule has 0 bridgehead atoms. The Kier molecular flexibility index (Phi) is 4.68. The fourth-order valence-electron chi connectivity index (χ4n) is 2.74. The van der Waals surface area contributed by atoms with Crippen molar-refractivity contribution in [1.29, 1.82) is 0 Å². The van der Waals surface area contributed by atoms with E-state index in [1.807, 2.05) is 0 Å². The van der Waals surface area contributed by atoms with E-state index in [4.69, 9.17) is 16.0 Å². The molecule has 0 saturated carbocycles. The molecular weight excluding hydrogens is 436 g/mol. The first-order chi connectivity index (χ1) is 13.6. The van der Waals surface area contributed by atoms with Gasteiger partial charge < -0.3 is 4.42 Å². The van der Waals surface area contributed by atoms with Gasteiger partial charge in [0.2, 0.25) is 0 Å². The maximum absolute atomic E-state index is 12.6. The molecule has 29 heavy (non-hydrogen) atoms. The molecule has 7 nitrogen and oxygen atoms in total. The van der Waals surface area contributed by atoms with Crippen molar-refractivity contribution in [2.24, 2.45) is 0 Å². The number of carbonyl (C=O) groups excluding carboxylic acids is 1. The van der Waals surface area contributed by atoms with Crippen molar-refractivity contribution in [1.82, 2.24) is 4.98 Å². The molecule has 0 aliphatic rings. The molecule has 0 saturated heterocycles. The van der Waals surface area contributed by atoms with Crippen LogP contribution < -0.4 is 10.7 Å². The highest BCUT2D eigenvalue weighted by molar-refractivity contribution is 7.90. The molecule has 0 aliphatic carbocycles. The minimum absolute atomic E-state index is 0.166. The number of rotatable bonds is 3. The Morgan fingerprint density at radius 2 is 1.97 bits per heavy atom. The Morgan fingerprint density at radius 3 is 2.69 bits per heavy atom. The van der Waals surface area contributed by atoms with Gasteiger partial charge in [-0.15, -0.1) is 0 Å². The number of anilines is 1. The van der Waals surface area contributed by atoms with Crippen LogP contribution in [0.5, 0.6) is 0 Å². The number of sulfone groups is 1. The van der Waals surface area contributed by atoms with E-state index in [2.05, 4.69) is 10.3 Å². The van der Waals surface area contributed by atoms with Gasteiger partial charge in [-0.05, 0) is 42.8 Å². The third kappa shape index (κ3) is 3.76. The van der Waals surface area contributed by atoms with Crippen LogP contribution in [0.4, 0.5) is 5.13 Å². The first kappa shape index (κ1) is 19.6. The SMILES string of the molecule is Cc1cc2oc(C(=O)Nc3nc4ccc(S(C)(=O)=O)cc4s3)cc(=O)c2cc1Cl. The van der Waals surface area contributed by atoms with Gasteiger partial charge in [-0.25, -0.2) is 13.4 Å². The molecule has 0 atom stereocenters. The summed E-state index contributed by atoms with van der Waals surface area (Å²) in [5.41, 5.74) is 1.13. The molecule has 0 fully saturated rings. The number of carbonyl (C=O) groups is 1. The molecule has 0 radical (unpaired) electrons. The van der Waals surface area contributed by atoms with Crippen molar-refractivity contribution in [3.63, 3.8) is 0 Å². The van der Waals surface area contributed by atoms with E-state index < -0.39 is 15.7 Å². The predicted molar refractivity (Wildman–Crippen MR) is 113 cm³/mol. The smallest absolute Gasteiger partial charge is 0.293 e. The maximum atomic E-state index is 12.6.